The molecular weight excluding hydrogens is 278 g/mol. The summed E-state index contributed by atoms with van der Waals surface area (Å²) in [5.74, 6) is 1.59. The van der Waals surface area contributed by atoms with Gasteiger partial charge in [0.05, 0.1) is 11.8 Å². The van der Waals surface area contributed by atoms with Gasteiger partial charge >= 0.3 is 5.97 Å². The molecule has 5 fully saturated rings. The Morgan fingerprint density at radius 3 is 1.91 bits per heavy atom. The summed E-state index contributed by atoms with van der Waals surface area (Å²) in [6, 6.07) is 0.330. The number of carboxylic acids is 1. The molecule has 4 nitrogen and oxygen atoms in total. The van der Waals surface area contributed by atoms with Crippen molar-refractivity contribution in [3.8, 4) is 0 Å². The lowest BCUT2D eigenvalue weighted by Crippen LogP contribution is -2.57. The first-order chi connectivity index (χ1) is 10.6. The highest BCUT2D eigenvalue weighted by Crippen LogP contribution is 2.53. The maximum Gasteiger partial charge on any atom is 0.307 e. The molecule has 0 heterocycles. The third-order valence-electron chi connectivity index (χ3n) is 6.96. The minimum Gasteiger partial charge on any atom is -0.481 e. The van der Waals surface area contributed by atoms with E-state index in [1.54, 1.807) is 0 Å². The van der Waals surface area contributed by atoms with Gasteiger partial charge in [0.1, 0.15) is 0 Å². The molecule has 0 aromatic carbocycles. The molecule has 4 bridgehead atoms. The first-order valence-corrected chi connectivity index (χ1v) is 9.15. The zero-order valence-electron chi connectivity index (χ0n) is 13.2. The van der Waals surface area contributed by atoms with E-state index in [1.165, 1.54) is 32.1 Å². The number of nitrogens with one attached hydrogen (secondary N) is 1. The normalized spacial score (nSPS) is 46.5. The number of amides is 1. The Morgan fingerprint density at radius 2 is 1.36 bits per heavy atom. The summed E-state index contributed by atoms with van der Waals surface area (Å²) in [7, 11) is 0. The van der Waals surface area contributed by atoms with Crippen molar-refractivity contribution in [2.75, 3.05) is 0 Å². The predicted octanol–water partition coefficient (Wildman–Crippen LogP) is 2.82. The van der Waals surface area contributed by atoms with Crippen molar-refractivity contribution in [1.29, 1.82) is 0 Å². The minimum atomic E-state index is -0.787. The highest BCUT2D eigenvalue weighted by atomic mass is 16.4. The maximum atomic E-state index is 12.7. The largest absolute Gasteiger partial charge is 0.481 e. The Bertz CT molecular complexity index is 447. The van der Waals surface area contributed by atoms with Gasteiger partial charge in [-0.05, 0) is 68.6 Å². The number of carboxylic acid groups (broad SMARTS) is 1. The monoisotopic (exact) mass is 305 g/mol. The van der Waals surface area contributed by atoms with Crippen molar-refractivity contribution in [2.24, 2.45) is 35.5 Å². The molecule has 0 unspecified atom stereocenters. The fourth-order valence-electron chi connectivity index (χ4n) is 6.17. The quantitative estimate of drug-likeness (QED) is 0.842. The van der Waals surface area contributed by atoms with Crippen molar-refractivity contribution in [1.82, 2.24) is 5.32 Å². The third-order valence-corrected chi connectivity index (χ3v) is 6.96. The first-order valence-electron chi connectivity index (χ1n) is 9.15. The van der Waals surface area contributed by atoms with Crippen LogP contribution in [-0.4, -0.2) is 23.0 Å². The summed E-state index contributed by atoms with van der Waals surface area (Å²) < 4.78 is 0. The van der Waals surface area contributed by atoms with Crippen molar-refractivity contribution in [3.05, 3.63) is 0 Å². The van der Waals surface area contributed by atoms with Crippen LogP contribution in [0.4, 0.5) is 0 Å². The second-order valence-electron chi connectivity index (χ2n) is 8.30. The second-order valence-corrected chi connectivity index (χ2v) is 8.30. The van der Waals surface area contributed by atoms with E-state index in [0.717, 1.165) is 31.1 Å². The lowest BCUT2D eigenvalue weighted by Gasteiger charge is -2.54. The molecule has 0 radical (unpaired) electrons. The number of rotatable bonds is 3. The molecular formula is C18H27NO3. The van der Waals surface area contributed by atoms with Crippen molar-refractivity contribution in [3.63, 3.8) is 0 Å². The average Bonchev–Trinajstić information content (AvgIpc) is 2.50. The van der Waals surface area contributed by atoms with Crippen LogP contribution < -0.4 is 5.32 Å². The van der Waals surface area contributed by atoms with Gasteiger partial charge in [0.2, 0.25) is 5.91 Å². The molecule has 1 amide bonds. The van der Waals surface area contributed by atoms with Crippen LogP contribution in [0.5, 0.6) is 0 Å². The van der Waals surface area contributed by atoms with Gasteiger partial charge in [0.15, 0.2) is 0 Å². The van der Waals surface area contributed by atoms with E-state index >= 15 is 0 Å². The lowest BCUT2D eigenvalue weighted by molar-refractivity contribution is -0.149. The molecule has 5 aliphatic rings. The van der Waals surface area contributed by atoms with E-state index in [0.29, 0.717) is 24.3 Å². The summed E-state index contributed by atoms with van der Waals surface area (Å²) in [4.78, 5) is 24.2. The van der Waals surface area contributed by atoms with Gasteiger partial charge in [-0.2, -0.15) is 0 Å². The zero-order chi connectivity index (χ0) is 15.3. The molecule has 22 heavy (non-hydrogen) atoms. The van der Waals surface area contributed by atoms with Crippen molar-refractivity contribution in [2.45, 2.75) is 63.8 Å². The average molecular weight is 305 g/mol. The number of hydrogen-bond acceptors (Lipinski definition) is 2. The Balaban J connectivity index is 1.44. The topological polar surface area (TPSA) is 66.4 Å². The van der Waals surface area contributed by atoms with E-state index in [-0.39, 0.29) is 11.8 Å². The molecule has 2 N–H and O–H groups in total. The Kier molecular flexibility index (Phi) is 3.66. The molecule has 0 spiro atoms. The van der Waals surface area contributed by atoms with E-state index in [9.17, 15) is 14.7 Å². The number of carbonyl (C=O) groups is 2. The van der Waals surface area contributed by atoms with Gasteiger partial charge < -0.3 is 10.4 Å². The predicted molar refractivity (Wildman–Crippen MR) is 82.1 cm³/mol. The molecule has 0 aromatic rings. The van der Waals surface area contributed by atoms with E-state index in [1.807, 2.05) is 0 Å². The van der Waals surface area contributed by atoms with E-state index < -0.39 is 11.9 Å². The van der Waals surface area contributed by atoms with Crippen LogP contribution in [0.15, 0.2) is 0 Å². The van der Waals surface area contributed by atoms with Gasteiger partial charge in [-0.25, -0.2) is 0 Å². The standard InChI is InChI=1S/C18H27NO3/c20-17(14-3-1-2-4-15(14)18(21)22)19-16-12-6-10-5-11(8-12)9-13(16)7-10/h10-16H,1-9H2,(H,19,20)(H,21,22)/t10?,11?,12?,13?,14-,15+,16?/m1/s1. The molecule has 2 atom stereocenters. The molecule has 0 aliphatic heterocycles. The molecule has 122 valence electrons. The smallest absolute Gasteiger partial charge is 0.307 e. The highest BCUT2D eigenvalue weighted by Gasteiger charge is 2.49. The van der Waals surface area contributed by atoms with Gasteiger partial charge in [-0.3, -0.25) is 9.59 Å². The van der Waals surface area contributed by atoms with Gasteiger partial charge in [0, 0.05) is 6.04 Å². The number of hydrogen-bond donors (Lipinski definition) is 2. The summed E-state index contributed by atoms with van der Waals surface area (Å²) in [5.41, 5.74) is 0. The molecule has 5 saturated carbocycles. The minimum absolute atomic E-state index is 0.0320. The van der Waals surface area contributed by atoms with Crippen LogP contribution in [0, 0.1) is 35.5 Å². The molecule has 0 aromatic heterocycles. The van der Waals surface area contributed by atoms with Crippen LogP contribution in [0.2, 0.25) is 0 Å². The van der Waals surface area contributed by atoms with Crippen molar-refractivity contribution < 1.29 is 14.7 Å². The van der Waals surface area contributed by atoms with E-state index in [4.69, 9.17) is 0 Å². The number of aliphatic carboxylic acids is 1. The Morgan fingerprint density at radius 1 is 0.818 bits per heavy atom. The van der Waals surface area contributed by atoms with E-state index in [2.05, 4.69) is 5.32 Å². The van der Waals surface area contributed by atoms with Crippen LogP contribution in [0.3, 0.4) is 0 Å². The van der Waals surface area contributed by atoms with Crippen LogP contribution in [0.1, 0.15) is 57.8 Å². The van der Waals surface area contributed by atoms with Crippen LogP contribution in [0.25, 0.3) is 0 Å². The SMILES string of the molecule is O=C(O)[C@H]1CCCC[C@H]1C(=O)NC1C2CC3CC(C2)CC1C3. The van der Waals surface area contributed by atoms with Crippen LogP contribution in [-0.2, 0) is 9.59 Å². The summed E-state index contributed by atoms with van der Waals surface area (Å²) in [6.45, 7) is 0. The summed E-state index contributed by atoms with van der Waals surface area (Å²) in [5, 5.41) is 12.7. The summed E-state index contributed by atoms with van der Waals surface area (Å²) in [6.07, 6.45) is 9.89. The molecule has 5 aliphatic carbocycles. The molecule has 4 heteroatoms. The number of carbonyl (C=O) groups excluding carboxylic acids is 1. The molecule has 0 saturated heterocycles. The van der Waals surface area contributed by atoms with Gasteiger partial charge in [-0.15, -0.1) is 0 Å². The van der Waals surface area contributed by atoms with Crippen LogP contribution >= 0.6 is 0 Å². The Hall–Kier alpha value is -1.06. The summed E-state index contributed by atoms with van der Waals surface area (Å²) >= 11 is 0. The zero-order valence-corrected chi connectivity index (χ0v) is 13.2. The fourth-order valence-corrected chi connectivity index (χ4v) is 6.17. The first kappa shape index (κ1) is 14.5. The van der Waals surface area contributed by atoms with Crippen molar-refractivity contribution >= 4 is 11.9 Å². The lowest BCUT2D eigenvalue weighted by atomic mass is 9.54. The van der Waals surface area contributed by atoms with Gasteiger partial charge in [0.25, 0.3) is 0 Å². The second kappa shape index (κ2) is 5.54. The highest BCUT2D eigenvalue weighted by molar-refractivity contribution is 5.85. The van der Waals surface area contributed by atoms with Gasteiger partial charge in [-0.1, -0.05) is 12.8 Å². The Labute approximate surface area is 132 Å². The molecule has 5 rings (SSSR count). The maximum absolute atomic E-state index is 12.7. The fraction of sp³-hybridized carbons (Fsp3) is 0.889. The third kappa shape index (κ3) is 2.44.